The van der Waals surface area contributed by atoms with Crippen LogP contribution in [0.1, 0.15) is 165 Å². The first-order valence-electron chi connectivity index (χ1n) is 22.5. The van der Waals surface area contributed by atoms with E-state index in [1.165, 1.54) is 39.5 Å². The average molecular weight is 862 g/mol. The van der Waals surface area contributed by atoms with Crippen LogP contribution in [0.4, 0.5) is 11.4 Å². The topological polar surface area (TPSA) is 139 Å². The van der Waals surface area contributed by atoms with Crippen molar-refractivity contribution >= 4 is 58.4 Å². The van der Waals surface area contributed by atoms with Crippen LogP contribution in [0.25, 0.3) is 0 Å². The van der Waals surface area contributed by atoms with Gasteiger partial charge >= 0.3 is 0 Å². The molecule has 6 amide bonds. The minimum Gasteiger partial charge on any atom is -0.355 e. The number of carbonyl (C=O) groups is 6. The molecule has 2 N–H and O–H groups in total. The molecule has 2 heterocycles. The maximum absolute atomic E-state index is 13.6. The second kappa shape index (κ2) is 19.7. The van der Waals surface area contributed by atoms with Crippen LogP contribution in [0, 0.1) is 0 Å². The molecule has 13 heteroatoms. The number of anilines is 2. The summed E-state index contributed by atoms with van der Waals surface area (Å²) < 4.78 is 0. The van der Waals surface area contributed by atoms with Crippen LogP contribution in [0.2, 0.25) is 5.02 Å². The monoisotopic (exact) mass is 860 g/mol. The van der Waals surface area contributed by atoms with E-state index < -0.39 is 10.8 Å². The van der Waals surface area contributed by atoms with Crippen molar-refractivity contribution in [2.24, 2.45) is 0 Å². The van der Waals surface area contributed by atoms with Crippen molar-refractivity contribution in [2.45, 2.75) is 168 Å². The lowest BCUT2D eigenvalue weighted by Gasteiger charge is -2.37. The molecule has 12 nitrogen and oxygen atoms in total. The number of fused-ring (bicyclic) bond motifs is 2. The highest BCUT2D eigenvalue weighted by atomic mass is 35.5. The fourth-order valence-electron chi connectivity index (χ4n) is 9.77. The summed E-state index contributed by atoms with van der Waals surface area (Å²) in [5, 5.41) is 5.88. The van der Waals surface area contributed by atoms with Crippen molar-refractivity contribution in [1.82, 2.24) is 20.4 Å². The van der Waals surface area contributed by atoms with Crippen molar-refractivity contribution in [2.75, 3.05) is 36.0 Å². The number of nitrogens with zero attached hydrogens (tertiary/aromatic N) is 4. The third-order valence-corrected chi connectivity index (χ3v) is 13.3. The van der Waals surface area contributed by atoms with Gasteiger partial charge in [-0.2, -0.15) is 0 Å². The Morgan fingerprint density at radius 2 is 1.08 bits per heavy atom. The summed E-state index contributed by atoms with van der Waals surface area (Å²) in [7, 11) is 0. The van der Waals surface area contributed by atoms with Crippen LogP contribution in [0.3, 0.4) is 0 Å². The summed E-state index contributed by atoms with van der Waals surface area (Å²) in [5.41, 5.74) is 2.93. The smallest absolute Gasteiger partial charge is 0.255 e. The molecule has 0 bridgehead atoms. The second-order valence-electron chi connectivity index (χ2n) is 18.9. The molecule has 0 radical (unpaired) electrons. The van der Waals surface area contributed by atoms with Gasteiger partial charge in [0.2, 0.25) is 23.6 Å². The Bertz CT molecular complexity index is 1980. The predicted octanol–water partition coefficient (Wildman–Crippen LogP) is 7.91. The first-order chi connectivity index (χ1) is 28.7. The number of halogens is 1. The Hall–Kier alpha value is -4.45. The predicted molar refractivity (Wildman–Crippen MR) is 242 cm³/mol. The number of hydrogen-bond acceptors (Lipinski definition) is 6. The lowest BCUT2D eigenvalue weighted by molar-refractivity contribution is -0.123. The maximum atomic E-state index is 13.6. The van der Waals surface area contributed by atoms with Gasteiger partial charge in [-0.3, -0.25) is 28.8 Å². The Morgan fingerprint density at radius 3 is 1.52 bits per heavy atom. The van der Waals surface area contributed by atoms with Crippen molar-refractivity contribution in [3.8, 4) is 0 Å². The molecule has 2 aromatic carbocycles. The molecule has 0 spiro atoms. The maximum Gasteiger partial charge on any atom is 0.255 e. The van der Waals surface area contributed by atoms with Gasteiger partial charge in [0, 0.05) is 81.1 Å². The fraction of sp³-hybridized carbons (Fsp3) is 0.625. The number of amides is 6. The fourth-order valence-corrected chi connectivity index (χ4v) is 10.0. The molecule has 0 aromatic heterocycles. The normalized spacial score (nSPS) is 18.4. The van der Waals surface area contributed by atoms with Gasteiger partial charge in [-0.25, -0.2) is 0 Å². The third kappa shape index (κ3) is 10.3. The van der Waals surface area contributed by atoms with E-state index in [0.717, 1.165) is 55.3 Å². The van der Waals surface area contributed by atoms with Gasteiger partial charge in [0.15, 0.2) is 0 Å². The van der Waals surface area contributed by atoms with Crippen LogP contribution in [-0.4, -0.2) is 95.6 Å². The van der Waals surface area contributed by atoms with Crippen LogP contribution in [0.15, 0.2) is 30.3 Å². The van der Waals surface area contributed by atoms with Gasteiger partial charge in [-0.15, -0.1) is 0 Å². The van der Waals surface area contributed by atoms with Gasteiger partial charge < -0.3 is 30.2 Å². The van der Waals surface area contributed by atoms with Crippen LogP contribution in [0.5, 0.6) is 0 Å². The first kappa shape index (κ1) is 47.6. The molecule has 334 valence electrons. The van der Waals surface area contributed by atoms with E-state index in [1.54, 1.807) is 21.9 Å². The number of benzene rings is 2. The Labute approximate surface area is 368 Å². The van der Waals surface area contributed by atoms with Gasteiger partial charge in [0.1, 0.15) is 0 Å². The first-order valence-corrected chi connectivity index (χ1v) is 22.8. The number of carbonyl (C=O) groups excluding carboxylic acids is 6. The lowest BCUT2D eigenvalue weighted by atomic mass is 9.85. The molecular weight excluding hydrogens is 792 g/mol. The molecule has 0 atom stereocenters. The Balaban J connectivity index is 0.000000231. The van der Waals surface area contributed by atoms with Crippen LogP contribution >= 0.6 is 11.6 Å². The minimum absolute atomic E-state index is 0.000414. The molecule has 6 rings (SSSR count). The van der Waals surface area contributed by atoms with Gasteiger partial charge in [-0.05, 0) is 116 Å². The summed E-state index contributed by atoms with van der Waals surface area (Å²) in [6.45, 7) is 20.2. The molecule has 0 saturated heterocycles. The zero-order valence-electron chi connectivity index (χ0n) is 38.2. The Kier molecular flexibility index (Phi) is 15.4. The average Bonchev–Trinajstić information content (AvgIpc) is 3.50. The van der Waals surface area contributed by atoms with E-state index >= 15 is 0 Å². The zero-order chi connectivity index (χ0) is 45.0. The third-order valence-electron chi connectivity index (χ3n) is 13.0. The second-order valence-corrected chi connectivity index (χ2v) is 19.3. The van der Waals surface area contributed by atoms with E-state index in [9.17, 15) is 28.8 Å². The Morgan fingerprint density at radius 1 is 0.656 bits per heavy atom. The van der Waals surface area contributed by atoms with Gasteiger partial charge in [0.25, 0.3) is 11.8 Å². The number of nitrogens with one attached hydrogen (secondary N) is 2. The molecule has 2 saturated carbocycles. The molecule has 2 fully saturated rings. The van der Waals surface area contributed by atoms with Gasteiger partial charge in [-0.1, -0.05) is 56.2 Å². The van der Waals surface area contributed by atoms with Crippen molar-refractivity contribution in [3.05, 3.63) is 57.6 Å². The highest BCUT2D eigenvalue weighted by Gasteiger charge is 2.46. The van der Waals surface area contributed by atoms with Crippen LogP contribution < -0.4 is 20.4 Å². The SMILES string of the molecule is CC(=O)NCCN1C(=O)C(C)(C)c2cc(Cl)c(C(=O)N(C(C)C)C3CCCCC3)cc21.CC(=O)NCCN1C(=O)C(C)(C)c2ccc(C(=O)N(C(C)C)C3CCCCC3)cc21. The molecule has 61 heavy (non-hydrogen) atoms. The van der Waals surface area contributed by atoms with Crippen molar-refractivity contribution in [1.29, 1.82) is 0 Å². The standard InChI is InChI=1S/C24H34ClN3O3.C24H35N3O3/c1-15(2)28(17-9-7-6-8-10-17)22(30)18-13-21-19(14-20(18)25)24(4,5)23(31)27(21)12-11-26-16(3)29;1-16(2)27(19-9-7-6-8-10-19)22(29)18-11-12-20-21(15-18)26(14-13-25-17(3)28)23(30)24(20,4)5/h13-15,17H,6-12H2,1-5H3,(H,26,29);11-12,15-16,19H,6-10,13-14H2,1-5H3,(H,25,28). The summed E-state index contributed by atoms with van der Waals surface area (Å²) in [6.07, 6.45) is 11.2. The number of rotatable bonds is 12. The molecule has 2 aliphatic heterocycles. The summed E-state index contributed by atoms with van der Waals surface area (Å²) in [5.74, 6) is -0.349. The van der Waals surface area contributed by atoms with E-state index in [-0.39, 0.29) is 59.6 Å². The minimum atomic E-state index is -0.738. The molecular formula is C48H69ClN6O6. The highest BCUT2D eigenvalue weighted by Crippen LogP contribution is 2.45. The summed E-state index contributed by atoms with van der Waals surface area (Å²) in [6, 6.07) is 9.92. The summed E-state index contributed by atoms with van der Waals surface area (Å²) >= 11 is 6.62. The van der Waals surface area contributed by atoms with Crippen molar-refractivity contribution < 1.29 is 28.8 Å². The van der Waals surface area contributed by atoms with E-state index in [4.69, 9.17) is 11.6 Å². The summed E-state index contributed by atoms with van der Waals surface area (Å²) in [4.78, 5) is 83.2. The largest absolute Gasteiger partial charge is 0.355 e. The lowest BCUT2D eigenvalue weighted by Crippen LogP contribution is -2.45. The molecule has 4 aliphatic rings. The van der Waals surface area contributed by atoms with Crippen LogP contribution in [-0.2, 0) is 30.0 Å². The van der Waals surface area contributed by atoms with E-state index in [2.05, 4.69) is 24.5 Å². The highest BCUT2D eigenvalue weighted by molar-refractivity contribution is 6.34. The van der Waals surface area contributed by atoms with E-state index in [1.807, 2.05) is 69.5 Å². The molecule has 2 aliphatic carbocycles. The molecule has 0 unspecified atom stereocenters. The van der Waals surface area contributed by atoms with E-state index in [0.29, 0.717) is 48.0 Å². The quantitative estimate of drug-likeness (QED) is 0.223. The zero-order valence-corrected chi connectivity index (χ0v) is 39.0. The van der Waals surface area contributed by atoms with Gasteiger partial charge in [0.05, 0.1) is 21.4 Å². The molecule has 2 aromatic rings. The van der Waals surface area contributed by atoms with Crippen molar-refractivity contribution in [3.63, 3.8) is 0 Å². The number of hydrogen-bond donors (Lipinski definition) is 2.